The van der Waals surface area contributed by atoms with E-state index in [1.165, 1.54) is 6.42 Å². The Morgan fingerprint density at radius 3 is 2.75 bits per heavy atom. The monoisotopic (exact) mass is 262 g/mol. The third-order valence-corrected chi connectivity index (χ3v) is 2.94. The second kappa shape index (κ2) is 6.23. The fourth-order valence-corrected chi connectivity index (χ4v) is 2.01. The van der Waals surface area contributed by atoms with Crippen molar-refractivity contribution in [1.82, 2.24) is 9.97 Å². The predicted octanol–water partition coefficient (Wildman–Crippen LogP) is 1.73. The van der Waals surface area contributed by atoms with E-state index in [4.69, 9.17) is 17.3 Å². The summed E-state index contributed by atoms with van der Waals surface area (Å²) < 4.78 is 0. The summed E-state index contributed by atoms with van der Waals surface area (Å²) in [5, 5.41) is 0.575. The molecule has 0 aliphatic carbocycles. The van der Waals surface area contributed by atoms with Crippen molar-refractivity contribution >= 4 is 30.0 Å². The van der Waals surface area contributed by atoms with Crippen LogP contribution in [0.3, 0.4) is 0 Å². The number of nitrogens with two attached hydrogens (primary N) is 1. The van der Waals surface area contributed by atoms with Crippen LogP contribution in [0.4, 0.5) is 5.95 Å². The van der Waals surface area contributed by atoms with Crippen LogP contribution in [0.5, 0.6) is 0 Å². The van der Waals surface area contributed by atoms with Crippen molar-refractivity contribution in [2.75, 3.05) is 24.5 Å². The Morgan fingerprint density at radius 1 is 1.44 bits per heavy atom. The summed E-state index contributed by atoms with van der Waals surface area (Å²) in [6, 6.07) is 0. The van der Waals surface area contributed by atoms with E-state index in [2.05, 4.69) is 14.9 Å². The van der Waals surface area contributed by atoms with Crippen LogP contribution in [0, 0.1) is 5.92 Å². The highest BCUT2D eigenvalue weighted by atomic mass is 35.5. The molecule has 1 unspecified atom stereocenters. The van der Waals surface area contributed by atoms with E-state index in [-0.39, 0.29) is 12.4 Å². The van der Waals surface area contributed by atoms with Gasteiger partial charge in [0, 0.05) is 13.1 Å². The Hall–Kier alpha value is -0.580. The molecule has 1 aromatic heterocycles. The van der Waals surface area contributed by atoms with Crippen molar-refractivity contribution in [2.24, 2.45) is 11.7 Å². The largest absolute Gasteiger partial charge is 0.341 e. The van der Waals surface area contributed by atoms with Crippen molar-refractivity contribution in [2.45, 2.75) is 12.8 Å². The number of hydrogen-bond acceptors (Lipinski definition) is 4. The van der Waals surface area contributed by atoms with Gasteiger partial charge in [-0.15, -0.1) is 12.4 Å². The number of nitrogens with zero attached hydrogens (tertiary/aromatic N) is 3. The van der Waals surface area contributed by atoms with Crippen LogP contribution in [-0.2, 0) is 0 Å². The van der Waals surface area contributed by atoms with Gasteiger partial charge < -0.3 is 10.6 Å². The van der Waals surface area contributed by atoms with Gasteiger partial charge in [0.15, 0.2) is 0 Å². The molecule has 1 atom stereocenters. The zero-order valence-electron chi connectivity index (χ0n) is 8.97. The van der Waals surface area contributed by atoms with Gasteiger partial charge in [0.2, 0.25) is 5.95 Å². The van der Waals surface area contributed by atoms with Crippen LogP contribution in [-0.4, -0.2) is 29.6 Å². The van der Waals surface area contributed by atoms with Crippen LogP contribution >= 0.6 is 24.0 Å². The minimum Gasteiger partial charge on any atom is -0.341 e. The number of halogens is 2. The minimum absolute atomic E-state index is 0. The SMILES string of the molecule is Cl.NCC1CCCN(c2ncc(Cl)cn2)C1. The normalized spacial score (nSPS) is 20.4. The maximum Gasteiger partial charge on any atom is 0.225 e. The molecule has 16 heavy (non-hydrogen) atoms. The smallest absolute Gasteiger partial charge is 0.225 e. The van der Waals surface area contributed by atoms with Crippen LogP contribution in [0.1, 0.15) is 12.8 Å². The molecule has 0 bridgehead atoms. The van der Waals surface area contributed by atoms with E-state index in [0.717, 1.165) is 32.0 Å². The van der Waals surface area contributed by atoms with Gasteiger partial charge >= 0.3 is 0 Å². The average Bonchev–Trinajstić information content (AvgIpc) is 2.30. The molecule has 1 saturated heterocycles. The maximum atomic E-state index is 5.74. The summed E-state index contributed by atoms with van der Waals surface area (Å²) in [5.74, 6) is 1.33. The van der Waals surface area contributed by atoms with E-state index in [1.54, 1.807) is 12.4 Å². The molecule has 1 aromatic rings. The minimum atomic E-state index is 0. The summed E-state index contributed by atoms with van der Waals surface area (Å²) in [6.45, 7) is 2.71. The van der Waals surface area contributed by atoms with Gasteiger partial charge in [0.05, 0.1) is 17.4 Å². The maximum absolute atomic E-state index is 5.74. The molecular weight excluding hydrogens is 247 g/mol. The fourth-order valence-electron chi connectivity index (χ4n) is 1.91. The fraction of sp³-hybridized carbons (Fsp3) is 0.600. The molecule has 0 amide bonds. The van der Waals surface area contributed by atoms with Gasteiger partial charge in [-0.1, -0.05) is 11.6 Å². The van der Waals surface area contributed by atoms with Crippen molar-refractivity contribution in [3.8, 4) is 0 Å². The molecule has 2 rings (SSSR count). The van der Waals surface area contributed by atoms with E-state index in [0.29, 0.717) is 10.9 Å². The average molecular weight is 263 g/mol. The molecule has 90 valence electrons. The molecule has 0 spiro atoms. The van der Waals surface area contributed by atoms with Crippen LogP contribution in [0.2, 0.25) is 5.02 Å². The highest BCUT2D eigenvalue weighted by molar-refractivity contribution is 6.30. The zero-order valence-corrected chi connectivity index (χ0v) is 10.5. The van der Waals surface area contributed by atoms with Gasteiger partial charge in [-0.05, 0) is 25.3 Å². The molecule has 1 fully saturated rings. The molecule has 1 aliphatic rings. The summed E-state index contributed by atoms with van der Waals surface area (Å²) in [6.07, 6.45) is 5.64. The van der Waals surface area contributed by atoms with Gasteiger partial charge in [-0.3, -0.25) is 0 Å². The lowest BCUT2D eigenvalue weighted by Crippen LogP contribution is -2.39. The molecule has 6 heteroatoms. The van der Waals surface area contributed by atoms with Gasteiger partial charge in [-0.25, -0.2) is 9.97 Å². The quantitative estimate of drug-likeness (QED) is 0.882. The summed E-state index contributed by atoms with van der Waals surface area (Å²) in [7, 11) is 0. The molecule has 0 saturated carbocycles. The predicted molar refractivity (Wildman–Crippen MR) is 68.3 cm³/mol. The Morgan fingerprint density at radius 2 is 2.12 bits per heavy atom. The van der Waals surface area contributed by atoms with Crippen LogP contribution in [0.25, 0.3) is 0 Å². The Kier molecular flexibility index (Phi) is 5.25. The van der Waals surface area contributed by atoms with Crippen molar-refractivity contribution in [1.29, 1.82) is 0 Å². The molecule has 2 N–H and O–H groups in total. The second-order valence-electron chi connectivity index (χ2n) is 3.89. The first-order valence-electron chi connectivity index (χ1n) is 5.22. The number of aromatic nitrogens is 2. The van der Waals surface area contributed by atoms with E-state index < -0.39 is 0 Å². The molecule has 1 aliphatic heterocycles. The number of rotatable bonds is 2. The first-order valence-corrected chi connectivity index (χ1v) is 5.60. The van der Waals surface area contributed by atoms with Crippen molar-refractivity contribution < 1.29 is 0 Å². The molecular formula is C10H16Cl2N4. The number of anilines is 1. The number of hydrogen-bond donors (Lipinski definition) is 1. The summed E-state index contributed by atoms with van der Waals surface area (Å²) >= 11 is 5.74. The first kappa shape index (κ1) is 13.5. The Balaban J connectivity index is 0.00000128. The van der Waals surface area contributed by atoms with E-state index >= 15 is 0 Å². The van der Waals surface area contributed by atoms with Crippen LogP contribution < -0.4 is 10.6 Å². The topological polar surface area (TPSA) is 55.0 Å². The van der Waals surface area contributed by atoms with Crippen molar-refractivity contribution in [3.63, 3.8) is 0 Å². The number of piperidine rings is 1. The lowest BCUT2D eigenvalue weighted by molar-refractivity contribution is 0.419. The Bertz CT molecular complexity index is 317. The molecule has 0 aromatic carbocycles. The third-order valence-electron chi connectivity index (χ3n) is 2.74. The summed E-state index contributed by atoms with van der Waals surface area (Å²) in [4.78, 5) is 10.6. The molecule has 4 nitrogen and oxygen atoms in total. The van der Waals surface area contributed by atoms with Gasteiger partial charge in [-0.2, -0.15) is 0 Å². The lowest BCUT2D eigenvalue weighted by Gasteiger charge is -2.31. The lowest BCUT2D eigenvalue weighted by atomic mass is 9.99. The second-order valence-corrected chi connectivity index (χ2v) is 4.33. The van der Waals surface area contributed by atoms with Gasteiger partial charge in [0.1, 0.15) is 0 Å². The van der Waals surface area contributed by atoms with E-state index in [9.17, 15) is 0 Å². The molecule has 0 radical (unpaired) electrons. The first-order chi connectivity index (χ1) is 7.29. The standard InChI is InChI=1S/C10H15ClN4.ClH/c11-9-5-13-10(14-6-9)15-3-1-2-8(4-12)7-15;/h5-6,8H,1-4,7,12H2;1H. The van der Waals surface area contributed by atoms with Crippen LogP contribution in [0.15, 0.2) is 12.4 Å². The van der Waals surface area contributed by atoms with Gasteiger partial charge in [0.25, 0.3) is 0 Å². The molecule has 2 heterocycles. The van der Waals surface area contributed by atoms with E-state index in [1.807, 2.05) is 0 Å². The highest BCUT2D eigenvalue weighted by Crippen LogP contribution is 2.19. The Labute approximate surface area is 107 Å². The highest BCUT2D eigenvalue weighted by Gasteiger charge is 2.20. The third kappa shape index (κ3) is 3.20. The summed E-state index contributed by atoms with van der Waals surface area (Å²) in [5.41, 5.74) is 5.68. The van der Waals surface area contributed by atoms with Crippen molar-refractivity contribution in [3.05, 3.63) is 17.4 Å². The zero-order chi connectivity index (χ0) is 10.7.